The number of hydrogen-bond acceptors (Lipinski definition) is 4. The van der Waals surface area contributed by atoms with E-state index in [0.29, 0.717) is 6.04 Å². The molecule has 3 atom stereocenters. The van der Waals surface area contributed by atoms with Crippen molar-refractivity contribution in [2.45, 2.75) is 38.8 Å². The molecule has 0 saturated carbocycles. The van der Waals surface area contributed by atoms with E-state index in [1.54, 1.807) is 0 Å². The van der Waals surface area contributed by atoms with Gasteiger partial charge in [0.2, 0.25) is 0 Å². The molecule has 2 rings (SSSR count). The van der Waals surface area contributed by atoms with Crippen molar-refractivity contribution in [3.63, 3.8) is 0 Å². The highest BCUT2D eigenvalue weighted by Gasteiger charge is 2.25. The van der Waals surface area contributed by atoms with Crippen LogP contribution in [0.1, 0.15) is 26.7 Å². The predicted molar refractivity (Wildman–Crippen MR) is 72.7 cm³/mol. The predicted octanol–water partition coefficient (Wildman–Crippen LogP) is 0.800. The van der Waals surface area contributed by atoms with Crippen LogP contribution >= 0.6 is 0 Å². The summed E-state index contributed by atoms with van der Waals surface area (Å²) in [5.41, 5.74) is 0. The van der Waals surface area contributed by atoms with Gasteiger partial charge in [0.05, 0.1) is 19.3 Å². The number of nitrogens with zero attached hydrogens (tertiary/aromatic N) is 2. The molecule has 0 amide bonds. The van der Waals surface area contributed by atoms with Gasteiger partial charge in [-0.25, -0.2) is 0 Å². The zero-order valence-corrected chi connectivity index (χ0v) is 11.8. The minimum Gasteiger partial charge on any atom is -0.390 e. The molecule has 2 fully saturated rings. The van der Waals surface area contributed by atoms with E-state index in [4.69, 9.17) is 4.74 Å². The van der Waals surface area contributed by atoms with Gasteiger partial charge in [0.15, 0.2) is 0 Å². The van der Waals surface area contributed by atoms with E-state index in [2.05, 4.69) is 23.6 Å². The summed E-state index contributed by atoms with van der Waals surface area (Å²) in [6, 6.07) is 0.625. The lowest BCUT2D eigenvalue weighted by molar-refractivity contribution is -0.00231. The molecule has 4 nitrogen and oxygen atoms in total. The number of rotatable bonds is 4. The number of likely N-dealkylation sites (tertiary alicyclic amines) is 1. The molecule has 0 radical (unpaired) electrons. The number of hydrogen-bond donors (Lipinski definition) is 1. The van der Waals surface area contributed by atoms with Gasteiger partial charge in [-0.15, -0.1) is 0 Å². The van der Waals surface area contributed by atoms with Crippen LogP contribution in [0.25, 0.3) is 0 Å². The van der Waals surface area contributed by atoms with E-state index >= 15 is 0 Å². The fourth-order valence-corrected chi connectivity index (χ4v) is 3.04. The van der Waals surface area contributed by atoms with Crippen LogP contribution < -0.4 is 0 Å². The quantitative estimate of drug-likeness (QED) is 0.807. The first-order valence-corrected chi connectivity index (χ1v) is 7.37. The fourth-order valence-electron chi connectivity index (χ4n) is 3.04. The van der Waals surface area contributed by atoms with E-state index in [1.165, 1.54) is 12.8 Å². The van der Waals surface area contributed by atoms with E-state index in [9.17, 15) is 5.11 Å². The Labute approximate surface area is 111 Å². The summed E-state index contributed by atoms with van der Waals surface area (Å²) in [5, 5.41) is 10.2. The van der Waals surface area contributed by atoms with Crippen LogP contribution in [0.2, 0.25) is 0 Å². The molecule has 2 saturated heterocycles. The van der Waals surface area contributed by atoms with Gasteiger partial charge in [0, 0.05) is 38.8 Å². The second-order valence-electron chi connectivity index (χ2n) is 6.05. The van der Waals surface area contributed by atoms with Crippen LogP contribution in [0.15, 0.2) is 0 Å². The van der Waals surface area contributed by atoms with Gasteiger partial charge in [-0.3, -0.25) is 9.80 Å². The molecule has 2 aliphatic heterocycles. The zero-order valence-electron chi connectivity index (χ0n) is 11.8. The third kappa shape index (κ3) is 4.19. The van der Waals surface area contributed by atoms with Crippen molar-refractivity contribution in [3.8, 4) is 0 Å². The second-order valence-corrected chi connectivity index (χ2v) is 6.05. The molecule has 0 aromatic rings. The summed E-state index contributed by atoms with van der Waals surface area (Å²) < 4.78 is 5.33. The number of piperidine rings is 1. The minimum absolute atomic E-state index is 0.226. The summed E-state index contributed by atoms with van der Waals surface area (Å²) in [6.45, 7) is 10.9. The Balaban J connectivity index is 1.73. The molecule has 0 spiro atoms. The number of morpholine rings is 1. The largest absolute Gasteiger partial charge is 0.390 e. The van der Waals surface area contributed by atoms with Crippen LogP contribution in [0.4, 0.5) is 0 Å². The molecule has 3 unspecified atom stereocenters. The Morgan fingerprint density at radius 1 is 1.17 bits per heavy atom. The molecule has 18 heavy (non-hydrogen) atoms. The highest BCUT2D eigenvalue weighted by Crippen LogP contribution is 2.21. The van der Waals surface area contributed by atoms with Gasteiger partial charge in [0.25, 0.3) is 0 Å². The maximum Gasteiger partial charge on any atom is 0.0793 e. The van der Waals surface area contributed by atoms with E-state index in [0.717, 1.165) is 51.9 Å². The number of ether oxygens (including phenoxy) is 1. The first-order chi connectivity index (χ1) is 8.65. The number of aliphatic hydroxyl groups excluding tert-OH is 1. The topological polar surface area (TPSA) is 35.9 Å². The van der Waals surface area contributed by atoms with Crippen molar-refractivity contribution >= 4 is 0 Å². The van der Waals surface area contributed by atoms with Crippen molar-refractivity contribution in [1.29, 1.82) is 0 Å². The maximum absolute atomic E-state index is 10.2. The Morgan fingerprint density at radius 2 is 1.89 bits per heavy atom. The highest BCUT2D eigenvalue weighted by molar-refractivity contribution is 4.80. The molecule has 4 heteroatoms. The molecule has 0 bridgehead atoms. The molecule has 2 aliphatic rings. The molecule has 0 aromatic carbocycles. The summed E-state index contributed by atoms with van der Waals surface area (Å²) >= 11 is 0. The summed E-state index contributed by atoms with van der Waals surface area (Å²) in [7, 11) is 0. The van der Waals surface area contributed by atoms with Crippen LogP contribution in [-0.4, -0.2) is 73.0 Å². The number of β-amino-alcohol motifs (C(OH)–C–C–N with tert-alkyl or cyclic N) is 1. The SMILES string of the molecule is CC1CCC(C)N(CC(O)CN2CCOCC2)C1. The molecule has 0 aliphatic carbocycles. The zero-order chi connectivity index (χ0) is 13.0. The first kappa shape index (κ1) is 14.3. The number of aliphatic hydroxyl groups is 1. The average molecular weight is 256 g/mol. The average Bonchev–Trinajstić information content (AvgIpc) is 2.35. The molecule has 0 aromatic heterocycles. The Morgan fingerprint density at radius 3 is 2.61 bits per heavy atom. The van der Waals surface area contributed by atoms with Crippen molar-refractivity contribution in [2.75, 3.05) is 45.9 Å². The molecule has 1 N–H and O–H groups in total. The standard InChI is InChI=1S/C14H28N2O2/c1-12-3-4-13(2)16(9-12)11-14(17)10-15-5-7-18-8-6-15/h12-14,17H,3-11H2,1-2H3. The van der Waals surface area contributed by atoms with Crippen LogP contribution in [0, 0.1) is 5.92 Å². The normalized spacial score (nSPS) is 33.5. The minimum atomic E-state index is -0.226. The second kappa shape index (κ2) is 6.85. The van der Waals surface area contributed by atoms with Gasteiger partial charge < -0.3 is 9.84 Å². The Kier molecular flexibility index (Phi) is 5.42. The van der Waals surface area contributed by atoms with Crippen LogP contribution in [0.3, 0.4) is 0 Å². The Hall–Kier alpha value is -0.160. The molecule has 2 heterocycles. The van der Waals surface area contributed by atoms with Crippen molar-refractivity contribution < 1.29 is 9.84 Å². The smallest absolute Gasteiger partial charge is 0.0793 e. The lowest BCUT2D eigenvalue weighted by atomic mass is 9.95. The highest BCUT2D eigenvalue weighted by atomic mass is 16.5. The van der Waals surface area contributed by atoms with Crippen molar-refractivity contribution in [2.24, 2.45) is 5.92 Å². The lowest BCUT2D eigenvalue weighted by Crippen LogP contribution is -2.49. The monoisotopic (exact) mass is 256 g/mol. The van der Waals surface area contributed by atoms with E-state index in [-0.39, 0.29) is 6.10 Å². The third-order valence-corrected chi connectivity index (χ3v) is 4.26. The van der Waals surface area contributed by atoms with E-state index < -0.39 is 0 Å². The van der Waals surface area contributed by atoms with Gasteiger partial charge in [-0.1, -0.05) is 6.92 Å². The third-order valence-electron chi connectivity index (χ3n) is 4.26. The van der Waals surface area contributed by atoms with Crippen LogP contribution in [-0.2, 0) is 4.74 Å². The summed E-state index contributed by atoms with van der Waals surface area (Å²) in [5.74, 6) is 0.775. The van der Waals surface area contributed by atoms with Crippen molar-refractivity contribution in [3.05, 3.63) is 0 Å². The maximum atomic E-state index is 10.2. The molecular weight excluding hydrogens is 228 g/mol. The van der Waals surface area contributed by atoms with Crippen molar-refractivity contribution in [1.82, 2.24) is 9.80 Å². The van der Waals surface area contributed by atoms with Gasteiger partial charge in [-0.2, -0.15) is 0 Å². The van der Waals surface area contributed by atoms with Crippen LogP contribution in [0.5, 0.6) is 0 Å². The van der Waals surface area contributed by atoms with Gasteiger partial charge in [0.1, 0.15) is 0 Å². The van der Waals surface area contributed by atoms with Gasteiger partial charge in [-0.05, 0) is 25.7 Å². The summed E-state index contributed by atoms with van der Waals surface area (Å²) in [4.78, 5) is 4.77. The van der Waals surface area contributed by atoms with Gasteiger partial charge >= 0.3 is 0 Å². The molecule has 106 valence electrons. The Bertz CT molecular complexity index is 244. The fraction of sp³-hybridized carbons (Fsp3) is 1.00. The lowest BCUT2D eigenvalue weighted by Gasteiger charge is -2.38. The van der Waals surface area contributed by atoms with E-state index in [1.807, 2.05) is 0 Å². The first-order valence-electron chi connectivity index (χ1n) is 7.37. The molecular formula is C14H28N2O2. The summed E-state index contributed by atoms with van der Waals surface area (Å²) in [6.07, 6.45) is 2.37.